The van der Waals surface area contributed by atoms with Crippen LogP contribution in [-0.4, -0.2) is 19.5 Å². The number of aromatic nitrogens is 1. The molecule has 0 unspecified atom stereocenters. The number of aryl methyl sites for hydroxylation is 2. The minimum atomic E-state index is -3.85. The maximum atomic E-state index is 12.0. The van der Waals surface area contributed by atoms with Gasteiger partial charge in [0.05, 0.1) is 4.90 Å². The number of nitrogens with one attached hydrogen (secondary N) is 1. The number of nitrogens with zero attached hydrogens (tertiary/aromatic N) is 1. The van der Waals surface area contributed by atoms with Crippen LogP contribution >= 0.6 is 0 Å². The summed E-state index contributed by atoms with van der Waals surface area (Å²) in [6, 6.07) is 4.27. The van der Waals surface area contributed by atoms with Crippen molar-refractivity contribution in [2.75, 3.05) is 5.32 Å². The fourth-order valence-corrected chi connectivity index (χ4v) is 2.40. The number of hydrogen-bond donors (Lipinski definition) is 2. The van der Waals surface area contributed by atoms with Gasteiger partial charge in [-0.05, 0) is 44.0 Å². The number of primary sulfonamides is 1. The highest BCUT2D eigenvalue weighted by molar-refractivity contribution is 7.89. The quantitative estimate of drug-likeness (QED) is 0.891. The van der Waals surface area contributed by atoms with Crippen molar-refractivity contribution in [1.82, 2.24) is 5.16 Å². The number of rotatable bonds is 3. The molecule has 0 aliphatic carbocycles. The number of amides is 1. The summed E-state index contributed by atoms with van der Waals surface area (Å²) in [4.78, 5) is 12.0. The summed E-state index contributed by atoms with van der Waals surface area (Å²) >= 11 is 0. The van der Waals surface area contributed by atoms with Crippen molar-refractivity contribution in [2.24, 2.45) is 5.14 Å². The largest absolute Gasteiger partial charge is 0.361 e. The molecule has 1 aromatic carbocycles. The van der Waals surface area contributed by atoms with Crippen LogP contribution in [0.25, 0.3) is 0 Å². The maximum Gasteiger partial charge on any atom is 0.277 e. The Morgan fingerprint density at radius 2 is 1.90 bits per heavy atom. The lowest BCUT2D eigenvalue weighted by atomic mass is 10.1. The van der Waals surface area contributed by atoms with Crippen LogP contribution in [0.3, 0.4) is 0 Å². The molecule has 1 aromatic heterocycles. The van der Waals surface area contributed by atoms with E-state index in [1.165, 1.54) is 18.2 Å². The molecular weight excluding hydrogens is 294 g/mol. The summed E-state index contributed by atoms with van der Waals surface area (Å²) in [7, 11) is -3.85. The topological polar surface area (TPSA) is 115 Å². The van der Waals surface area contributed by atoms with Gasteiger partial charge in [-0.15, -0.1) is 0 Å². The van der Waals surface area contributed by atoms with E-state index in [4.69, 9.17) is 9.66 Å². The van der Waals surface area contributed by atoms with Gasteiger partial charge in [0.2, 0.25) is 10.0 Å². The normalized spacial score (nSPS) is 11.4. The van der Waals surface area contributed by atoms with Crippen LogP contribution in [0.4, 0.5) is 5.69 Å². The van der Waals surface area contributed by atoms with E-state index in [0.717, 1.165) is 5.56 Å². The Bertz CT molecular complexity index is 809. The number of anilines is 1. The van der Waals surface area contributed by atoms with Crippen LogP contribution in [0, 0.1) is 20.8 Å². The summed E-state index contributed by atoms with van der Waals surface area (Å²) in [6.07, 6.45) is 0. The first kappa shape index (κ1) is 15.2. The van der Waals surface area contributed by atoms with E-state index in [0.29, 0.717) is 17.0 Å². The molecule has 0 spiro atoms. The molecule has 0 saturated carbocycles. The van der Waals surface area contributed by atoms with Gasteiger partial charge in [-0.1, -0.05) is 5.16 Å². The van der Waals surface area contributed by atoms with Gasteiger partial charge in [-0.3, -0.25) is 4.79 Å². The molecule has 0 radical (unpaired) electrons. The molecule has 0 atom stereocenters. The molecule has 0 bridgehead atoms. The lowest BCUT2D eigenvalue weighted by molar-refractivity contribution is 0.101. The molecule has 0 saturated heterocycles. The summed E-state index contributed by atoms with van der Waals surface area (Å²) < 4.78 is 27.7. The van der Waals surface area contributed by atoms with Crippen molar-refractivity contribution in [3.05, 3.63) is 40.8 Å². The van der Waals surface area contributed by atoms with Gasteiger partial charge < -0.3 is 9.84 Å². The molecule has 3 N–H and O–H groups in total. The second kappa shape index (κ2) is 5.30. The SMILES string of the molecule is Cc1cc(C(=O)Nc2cc(S(N)(=O)=O)cc(C)c2C)no1. The summed E-state index contributed by atoms with van der Waals surface area (Å²) in [5.41, 5.74) is 1.93. The van der Waals surface area contributed by atoms with Gasteiger partial charge >= 0.3 is 0 Å². The molecule has 8 heteroatoms. The minimum Gasteiger partial charge on any atom is -0.361 e. The zero-order chi connectivity index (χ0) is 15.8. The molecule has 2 aromatic rings. The van der Waals surface area contributed by atoms with Crippen LogP contribution in [0.1, 0.15) is 27.4 Å². The van der Waals surface area contributed by atoms with Crippen molar-refractivity contribution in [2.45, 2.75) is 25.7 Å². The Morgan fingerprint density at radius 3 is 2.43 bits per heavy atom. The van der Waals surface area contributed by atoms with E-state index in [1.54, 1.807) is 20.8 Å². The predicted octanol–water partition coefficient (Wildman–Crippen LogP) is 1.50. The number of nitrogens with two attached hydrogens (primary N) is 1. The monoisotopic (exact) mass is 309 g/mol. The first-order chi connectivity index (χ1) is 9.68. The fraction of sp³-hybridized carbons (Fsp3) is 0.231. The highest BCUT2D eigenvalue weighted by Gasteiger charge is 2.16. The molecule has 0 aliphatic rings. The third-order valence-corrected chi connectivity index (χ3v) is 3.97. The standard InChI is InChI=1S/C13H15N3O4S/c1-7-4-10(21(14,18)19)6-11(9(7)3)15-13(17)12-5-8(2)20-16-12/h4-6H,1-3H3,(H,15,17)(H2,14,18,19). The van der Waals surface area contributed by atoms with Crippen molar-refractivity contribution in [1.29, 1.82) is 0 Å². The Morgan fingerprint density at radius 1 is 1.24 bits per heavy atom. The Hall–Kier alpha value is -2.19. The number of benzene rings is 1. The molecule has 0 fully saturated rings. The molecule has 112 valence electrons. The maximum absolute atomic E-state index is 12.0. The summed E-state index contributed by atoms with van der Waals surface area (Å²) in [5, 5.41) is 11.3. The van der Waals surface area contributed by atoms with E-state index in [-0.39, 0.29) is 10.6 Å². The van der Waals surface area contributed by atoms with Crippen molar-refractivity contribution >= 4 is 21.6 Å². The number of hydrogen-bond acceptors (Lipinski definition) is 5. The van der Waals surface area contributed by atoms with Crippen molar-refractivity contribution in [3.8, 4) is 0 Å². The van der Waals surface area contributed by atoms with Crippen LogP contribution in [0.2, 0.25) is 0 Å². The Balaban J connectivity index is 2.40. The molecule has 7 nitrogen and oxygen atoms in total. The van der Waals surface area contributed by atoms with Gasteiger partial charge in [0.15, 0.2) is 5.69 Å². The minimum absolute atomic E-state index is 0.0581. The highest BCUT2D eigenvalue weighted by Crippen LogP contribution is 2.24. The predicted molar refractivity (Wildman–Crippen MR) is 76.5 cm³/mol. The third kappa shape index (κ3) is 3.29. The highest BCUT2D eigenvalue weighted by atomic mass is 32.2. The lowest BCUT2D eigenvalue weighted by Gasteiger charge is -2.11. The van der Waals surface area contributed by atoms with Gasteiger partial charge in [-0.2, -0.15) is 0 Å². The van der Waals surface area contributed by atoms with Gasteiger partial charge in [0.1, 0.15) is 5.76 Å². The van der Waals surface area contributed by atoms with Crippen LogP contribution < -0.4 is 10.5 Å². The van der Waals surface area contributed by atoms with Gasteiger partial charge in [-0.25, -0.2) is 13.6 Å². The van der Waals surface area contributed by atoms with Crippen LogP contribution in [0.5, 0.6) is 0 Å². The zero-order valence-electron chi connectivity index (χ0n) is 11.8. The molecule has 21 heavy (non-hydrogen) atoms. The van der Waals surface area contributed by atoms with E-state index in [9.17, 15) is 13.2 Å². The second-order valence-corrected chi connectivity index (χ2v) is 6.30. The fourth-order valence-electron chi connectivity index (χ4n) is 1.78. The molecule has 2 rings (SSSR count). The van der Waals surface area contributed by atoms with E-state index in [2.05, 4.69) is 10.5 Å². The molecule has 1 heterocycles. The average Bonchev–Trinajstić information content (AvgIpc) is 2.80. The Labute approximate surface area is 122 Å². The third-order valence-electron chi connectivity index (χ3n) is 3.08. The van der Waals surface area contributed by atoms with Gasteiger partial charge in [0, 0.05) is 11.8 Å². The average molecular weight is 309 g/mol. The van der Waals surface area contributed by atoms with Crippen molar-refractivity contribution in [3.63, 3.8) is 0 Å². The van der Waals surface area contributed by atoms with Crippen LogP contribution in [0.15, 0.2) is 27.6 Å². The molecule has 0 aliphatic heterocycles. The second-order valence-electron chi connectivity index (χ2n) is 4.73. The van der Waals surface area contributed by atoms with E-state index >= 15 is 0 Å². The van der Waals surface area contributed by atoms with E-state index in [1.807, 2.05) is 0 Å². The number of carbonyl (C=O) groups is 1. The number of sulfonamides is 1. The molecule has 1 amide bonds. The Kier molecular flexibility index (Phi) is 3.84. The van der Waals surface area contributed by atoms with Crippen LogP contribution in [-0.2, 0) is 10.0 Å². The summed E-state index contributed by atoms with van der Waals surface area (Å²) in [5.74, 6) is 0.0206. The lowest BCUT2D eigenvalue weighted by Crippen LogP contribution is -2.16. The smallest absolute Gasteiger partial charge is 0.277 e. The number of carbonyl (C=O) groups excluding carboxylic acids is 1. The molecular formula is C13H15N3O4S. The first-order valence-corrected chi connectivity index (χ1v) is 7.62. The zero-order valence-corrected chi connectivity index (χ0v) is 12.6. The van der Waals surface area contributed by atoms with Gasteiger partial charge in [0.25, 0.3) is 5.91 Å². The summed E-state index contributed by atoms with van der Waals surface area (Å²) in [6.45, 7) is 5.17. The first-order valence-electron chi connectivity index (χ1n) is 6.07. The van der Waals surface area contributed by atoms with Crippen molar-refractivity contribution < 1.29 is 17.7 Å². The van der Waals surface area contributed by atoms with E-state index < -0.39 is 15.9 Å².